The normalized spacial score (nSPS) is 13.9. The molecule has 0 atom stereocenters. The number of benzene rings is 2. The van der Waals surface area contributed by atoms with E-state index in [-0.39, 0.29) is 0 Å². The first-order chi connectivity index (χ1) is 8.07. The molecule has 2 aromatic carbocycles. The van der Waals surface area contributed by atoms with E-state index in [9.17, 15) is 9.79 Å². The molecule has 0 saturated carbocycles. The Kier molecular flexibility index (Phi) is 3.02. The van der Waals surface area contributed by atoms with Gasteiger partial charge in [0, 0.05) is 0 Å². The molecule has 0 aromatic heterocycles. The summed E-state index contributed by atoms with van der Waals surface area (Å²) in [5, 5.41) is 0.791. The van der Waals surface area contributed by atoms with Crippen LogP contribution in [0.5, 0.6) is 0 Å². The van der Waals surface area contributed by atoms with Crippen LogP contribution in [0.3, 0.4) is 0 Å². The van der Waals surface area contributed by atoms with Gasteiger partial charge in [0.15, 0.2) is 0 Å². The van der Waals surface area contributed by atoms with Gasteiger partial charge >= 0.3 is 100.0 Å². The first-order valence-corrected chi connectivity index (χ1v) is 7.32. The van der Waals surface area contributed by atoms with Crippen LogP contribution < -0.4 is 10.6 Å². The van der Waals surface area contributed by atoms with Gasteiger partial charge in [-0.3, -0.25) is 0 Å². The van der Waals surface area contributed by atoms with Crippen LogP contribution in [-0.4, -0.2) is 16.9 Å². The first kappa shape index (κ1) is 12.2. The Morgan fingerprint density at radius 1 is 0.765 bits per heavy atom. The quantitative estimate of drug-likeness (QED) is 0.813. The molecule has 2 aromatic rings. The van der Waals surface area contributed by atoms with Gasteiger partial charge in [-0.1, -0.05) is 0 Å². The minimum atomic E-state index is -4.46. The maximum atomic E-state index is 10.7. The SMILES string of the molecule is COP(O)(O)(c1ccccc1)c1ccccc1. The van der Waals surface area contributed by atoms with Crippen LogP contribution in [0.25, 0.3) is 0 Å². The predicted octanol–water partition coefficient (Wildman–Crippen LogP) is 1.57. The van der Waals surface area contributed by atoms with E-state index in [1.807, 2.05) is 12.1 Å². The van der Waals surface area contributed by atoms with Crippen molar-refractivity contribution in [3.63, 3.8) is 0 Å². The summed E-state index contributed by atoms with van der Waals surface area (Å²) in [7, 11) is -3.14. The summed E-state index contributed by atoms with van der Waals surface area (Å²) >= 11 is 0. The van der Waals surface area contributed by atoms with Crippen molar-refractivity contribution < 1.29 is 14.3 Å². The molecule has 0 aliphatic carbocycles. The average Bonchev–Trinajstić information content (AvgIpc) is 2.41. The average molecular weight is 250 g/mol. The second kappa shape index (κ2) is 4.21. The Morgan fingerprint density at radius 3 is 1.41 bits per heavy atom. The van der Waals surface area contributed by atoms with E-state index >= 15 is 0 Å². The van der Waals surface area contributed by atoms with Gasteiger partial charge in [0.2, 0.25) is 0 Å². The second-order valence-corrected chi connectivity index (χ2v) is 7.09. The maximum absolute atomic E-state index is 10.7. The van der Waals surface area contributed by atoms with Crippen LogP contribution in [0, 0.1) is 0 Å². The predicted molar refractivity (Wildman–Crippen MR) is 70.5 cm³/mol. The summed E-state index contributed by atoms with van der Waals surface area (Å²) in [6, 6.07) is 17.3. The molecule has 2 rings (SSSR count). The molecule has 0 heterocycles. The third kappa shape index (κ3) is 1.99. The van der Waals surface area contributed by atoms with Crippen molar-refractivity contribution in [3.05, 3.63) is 60.7 Å². The molecule has 2 N–H and O–H groups in total. The van der Waals surface area contributed by atoms with Gasteiger partial charge in [0.05, 0.1) is 0 Å². The molecule has 3 nitrogen and oxygen atoms in total. The number of hydrogen-bond donors (Lipinski definition) is 2. The van der Waals surface area contributed by atoms with E-state index in [1.54, 1.807) is 48.5 Å². The monoisotopic (exact) mass is 250 g/mol. The van der Waals surface area contributed by atoms with Crippen molar-refractivity contribution in [2.75, 3.05) is 7.11 Å². The van der Waals surface area contributed by atoms with Crippen molar-refractivity contribution in [2.45, 2.75) is 0 Å². The zero-order valence-corrected chi connectivity index (χ0v) is 10.4. The van der Waals surface area contributed by atoms with Gasteiger partial charge < -0.3 is 0 Å². The zero-order valence-electron chi connectivity index (χ0n) is 9.52. The van der Waals surface area contributed by atoms with Crippen LogP contribution in [0.15, 0.2) is 60.7 Å². The van der Waals surface area contributed by atoms with E-state index in [4.69, 9.17) is 4.52 Å². The Labute approximate surface area is 100 Å². The summed E-state index contributed by atoms with van der Waals surface area (Å²) in [6.07, 6.45) is 0. The Balaban J connectivity index is 2.65. The van der Waals surface area contributed by atoms with Crippen molar-refractivity contribution in [3.8, 4) is 0 Å². The van der Waals surface area contributed by atoms with Crippen LogP contribution in [0.2, 0.25) is 0 Å². The molecule has 90 valence electrons. The molecule has 0 bridgehead atoms. The molecule has 0 fully saturated rings. The van der Waals surface area contributed by atoms with Crippen LogP contribution in [0.1, 0.15) is 0 Å². The van der Waals surface area contributed by atoms with Crippen molar-refractivity contribution in [1.29, 1.82) is 0 Å². The van der Waals surface area contributed by atoms with Crippen molar-refractivity contribution in [2.24, 2.45) is 0 Å². The van der Waals surface area contributed by atoms with Gasteiger partial charge in [-0.05, 0) is 0 Å². The fraction of sp³-hybridized carbons (Fsp3) is 0.0769. The van der Waals surface area contributed by atoms with Crippen LogP contribution in [-0.2, 0) is 4.52 Å². The van der Waals surface area contributed by atoms with Crippen molar-refractivity contribution in [1.82, 2.24) is 0 Å². The van der Waals surface area contributed by atoms with Gasteiger partial charge in [0.1, 0.15) is 0 Å². The third-order valence-corrected chi connectivity index (χ3v) is 5.94. The fourth-order valence-electron chi connectivity index (χ4n) is 1.75. The van der Waals surface area contributed by atoms with E-state index in [1.165, 1.54) is 7.11 Å². The Morgan fingerprint density at radius 2 is 1.12 bits per heavy atom. The molecule has 0 aliphatic heterocycles. The van der Waals surface area contributed by atoms with E-state index in [0.717, 1.165) is 0 Å². The standard InChI is InChI=1S/C13H15O3P/c1-16-17(14,15,12-8-4-2-5-9-12)13-10-6-3-7-11-13/h2-11,14-15H,1H3. The first-order valence-electron chi connectivity index (χ1n) is 5.26. The van der Waals surface area contributed by atoms with Gasteiger partial charge in [-0.2, -0.15) is 0 Å². The van der Waals surface area contributed by atoms with E-state index in [2.05, 4.69) is 0 Å². The molecule has 0 saturated heterocycles. The van der Waals surface area contributed by atoms with Crippen LogP contribution in [0.4, 0.5) is 0 Å². The topological polar surface area (TPSA) is 49.7 Å². The molecule has 0 unspecified atom stereocenters. The molecule has 0 spiro atoms. The summed E-state index contributed by atoms with van der Waals surface area (Å²) in [5.41, 5.74) is 0. The fourth-order valence-corrected chi connectivity index (χ4v) is 3.89. The summed E-state index contributed by atoms with van der Waals surface area (Å²) in [5.74, 6) is 0. The van der Waals surface area contributed by atoms with Gasteiger partial charge in [-0.25, -0.2) is 0 Å². The second-order valence-electron chi connectivity index (χ2n) is 3.80. The summed E-state index contributed by atoms with van der Waals surface area (Å²) < 4.78 is 5.14. The molecule has 17 heavy (non-hydrogen) atoms. The van der Waals surface area contributed by atoms with E-state index in [0.29, 0.717) is 10.6 Å². The summed E-state index contributed by atoms with van der Waals surface area (Å²) in [6.45, 7) is 0. The number of rotatable bonds is 3. The van der Waals surface area contributed by atoms with Gasteiger partial charge in [0.25, 0.3) is 0 Å². The van der Waals surface area contributed by atoms with Crippen LogP contribution >= 0.6 is 7.28 Å². The van der Waals surface area contributed by atoms with E-state index < -0.39 is 7.28 Å². The number of hydrogen-bond acceptors (Lipinski definition) is 3. The molecule has 0 radical (unpaired) electrons. The third-order valence-electron chi connectivity index (χ3n) is 2.79. The molecular weight excluding hydrogens is 235 g/mol. The molecular formula is C13H15O3P. The Hall–Kier alpha value is -1.25. The summed E-state index contributed by atoms with van der Waals surface area (Å²) in [4.78, 5) is 21.4. The molecule has 4 heteroatoms. The van der Waals surface area contributed by atoms with Crippen molar-refractivity contribution >= 4 is 17.9 Å². The molecule has 0 aliphatic rings. The minimum absolute atomic E-state index is 0.396. The zero-order chi connectivity index (χ0) is 12.4. The molecule has 0 amide bonds. The Bertz CT molecular complexity index is 453. The van der Waals surface area contributed by atoms with Gasteiger partial charge in [-0.15, -0.1) is 0 Å².